The first-order chi connectivity index (χ1) is 15.4. The number of halogens is 3. The quantitative estimate of drug-likeness (QED) is 0.397. The molecule has 0 aliphatic rings. The number of rotatable bonds is 7. The van der Waals surface area contributed by atoms with Crippen LogP contribution in [-0.4, -0.2) is 34.3 Å². The van der Waals surface area contributed by atoms with Crippen LogP contribution in [0.5, 0.6) is 0 Å². The second kappa shape index (κ2) is 9.02. The van der Waals surface area contributed by atoms with Crippen molar-refractivity contribution in [2.75, 3.05) is 7.11 Å². The van der Waals surface area contributed by atoms with Crippen molar-refractivity contribution in [3.05, 3.63) is 82.1 Å². The summed E-state index contributed by atoms with van der Waals surface area (Å²) in [5.74, 6) is 0. The fourth-order valence-electron chi connectivity index (χ4n) is 4.11. The molecule has 0 aliphatic heterocycles. The molecule has 3 aromatic rings. The molecule has 3 rings (SSSR count). The Morgan fingerprint density at radius 2 is 1.79 bits per heavy atom. The maximum absolute atomic E-state index is 14.3. The Morgan fingerprint density at radius 1 is 1.09 bits per heavy atom. The number of alkyl halides is 3. The van der Waals surface area contributed by atoms with Gasteiger partial charge in [0.25, 0.3) is 0 Å². The average molecular weight is 460 g/mol. The molecule has 0 fully saturated rings. The summed E-state index contributed by atoms with van der Waals surface area (Å²) in [5.41, 5.74) is -2.12. The minimum Gasteiger partial charge on any atom is -0.399 e. The molecule has 1 N–H and O–H groups in total. The molecule has 0 amide bonds. The van der Waals surface area contributed by atoms with Crippen LogP contribution in [0.15, 0.2) is 70.7 Å². The molecule has 1 unspecified atom stereocenters. The SMILES string of the molecule is CO/N=C(/C)c1cccc(C(C)(C)CC(O)(Cn2ccc(=O)c3ccccc32)C(F)(F)F)c1. The summed E-state index contributed by atoms with van der Waals surface area (Å²) in [6.45, 7) is 4.32. The molecule has 0 saturated carbocycles. The number of para-hydroxylation sites is 1. The van der Waals surface area contributed by atoms with E-state index in [1.54, 1.807) is 69.3 Å². The van der Waals surface area contributed by atoms with Crippen LogP contribution in [-0.2, 0) is 16.8 Å². The second-order valence-corrected chi connectivity index (χ2v) is 8.86. The highest BCUT2D eigenvalue weighted by Gasteiger charge is 2.56. The normalized spacial score (nSPS) is 14.8. The summed E-state index contributed by atoms with van der Waals surface area (Å²) in [5, 5.41) is 15.2. The molecule has 1 aromatic heterocycles. The van der Waals surface area contributed by atoms with Crippen LogP contribution in [0.25, 0.3) is 10.9 Å². The lowest BCUT2D eigenvalue weighted by Crippen LogP contribution is -2.52. The summed E-state index contributed by atoms with van der Waals surface area (Å²) in [4.78, 5) is 16.9. The van der Waals surface area contributed by atoms with Gasteiger partial charge in [-0.1, -0.05) is 49.3 Å². The zero-order valence-corrected chi connectivity index (χ0v) is 19.0. The van der Waals surface area contributed by atoms with Crippen molar-refractivity contribution in [1.82, 2.24) is 4.57 Å². The maximum Gasteiger partial charge on any atom is 0.418 e. The van der Waals surface area contributed by atoms with Crippen LogP contribution in [0, 0.1) is 0 Å². The summed E-state index contributed by atoms with van der Waals surface area (Å²) < 4.78 is 44.1. The predicted octanol–water partition coefficient (Wildman–Crippen LogP) is 5.03. The zero-order valence-electron chi connectivity index (χ0n) is 19.0. The Bertz CT molecular complexity index is 1230. The average Bonchev–Trinajstić information content (AvgIpc) is 2.75. The van der Waals surface area contributed by atoms with Gasteiger partial charge in [0.1, 0.15) is 7.11 Å². The third-order valence-electron chi connectivity index (χ3n) is 5.87. The van der Waals surface area contributed by atoms with E-state index in [0.717, 1.165) is 0 Å². The van der Waals surface area contributed by atoms with Gasteiger partial charge in [0, 0.05) is 17.6 Å². The summed E-state index contributed by atoms with van der Waals surface area (Å²) in [6, 6.07) is 14.6. The lowest BCUT2D eigenvalue weighted by molar-refractivity contribution is -0.271. The minimum absolute atomic E-state index is 0.289. The molecular formula is C25H27F3N2O3. The number of oxime groups is 1. The van der Waals surface area contributed by atoms with E-state index in [1.807, 2.05) is 0 Å². The molecule has 0 radical (unpaired) electrons. The third-order valence-corrected chi connectivity index (χ3v) is 5.87. The Morgan fingerprint density at radius 3 is 2.45 bits per heavy atom. The van der Waals surface area contributed by atoms with Crippen molar-refractivity contribution in [3.63, 3.8) is 0 Å². The second-order valence-electron chi connectivity index (χ2n) is 8.86. The van der Waals surface area contributed by atoms with E-state index in [0.29, 0.717) is 27.7 Å². The standard InChI is InChI=1S/C25H27F3N2O3/c1-17(29-33-4)18-8-7-9-19(14-18)23(2,3)15-24(32,25(26,27)28)16-30-13-12-22(31)20-10-5-6-11-21(20)30/h5-14,32H,15-16H2,1-4H3/b29-17-. The van der Waals surface area contributed by atoms with E-state index in [9.17, 15) is 23.1 Å². The fourth-order valence-corrected chi connectivity index (χ4v) is 4.11. The van der Waals surface area contributed by atoms with Crippen LogP contribution >= 0.6 is 0 Å². The smallest absolute Gasteiger partial charge is 0.399 e. The maximum atomic E-state index is 14.3. The van der Waals surface area contributed by atoms with E-state index in [2.05, 4.69) is 5.16 Å². The van der Waals surface area contributed by atoms with Gasteiger partial charge in [-0.25, -0.2) is 0 Å². The fraction of sp³-hybridized carbons (Fsp3) is 0.360. The van der Waals surface area contributed by atoms with Crippen LogP contribution in [0.2, 0.25) is 0 Å². The molecule has 1 heterocycles. The molecular weight excluding hydrogens is 433 g/mol. The van der Waals surface area contributed by atoms with Crippen molar-refractivity contribution in [3.8, 4) is 0 Å². The van der Waals surface area contributed by atoms with Gasteiger partial charge in [-0.15, -0.1) is 0 Å². The summed E-state index contributed by atoms with van der Waals surface area (Å²) >= 11 is 0. The third kappa shape index (κ3) is 5.11. The minimum atomic E-state index is -4.90. The predicted molar refractivity (Wildman–Crippen MR) is 123 cm³/mol. The van der Waals surface area contributed by atoms with Gasteiger partial charge in [-0.05, 0) is 48.1 Å². The number of hydrogen-bond acceptors (Lipinski definition) is 4. The first-order valence-corrected chi connectivity index (χ1v) is 10.4. The van der Waals surface area contributed by atoms with Crippen molar-refractivity contribution in [1.29, 1.82) is 0 Å². The zero-order chi connectivity index (χ0) is 24.4. The Balaban J connectivity index is 2.03. The van der Waals surface area contributed by atoms with Gasteiger partial charge in [-0.2, -0.15) is 13.2 Å². The Hall–Kier alpha value is -3.13. The van der Waals surface area contributed by atoms with Crippen LogP contribution < -0.4 is 5.43 Å². The topological polar surface area (TPSA) is 63.8 Å². The number of nitrogens with zero attached hydrogens (tertiary/aromatic N) is 2. The molecule has 1 atom stereocenters. The number of hydrogen-bond donors (Lipinski definition) is 1. The first kappa shape index (κ1) is 24.5. The summed E-state index contributed by atoms with van der Waals surface area (Å²) in [7, 11) is 1.42. The molecule has 5 nitrogen and oxygen atoms in total. The number of pyridine rings is 1. The number of fused-ring (bicyclic) bond motifs is 1. The lowest BCUT2D eigenvalue weighted by Gasteiger charge is -2.38. The van der Waals surface area contributed by atoms with E-state index in [-0.39, 0.29) is 5.43 Å². The molecule has 0 aliphatic carbocycles. The molecule has 0 saturated heterocycles. The van der Waals surface area contributed by atoms with E-state index >= 15 is 0 Å². The van der Waals surface area contributed by atoms with Gasteiger partial charge >= 0.3 is 6.18 Å². The van der Waals surface area contributed by atoms with Crippen molar-refractivity contribution in [2.24, 2.45) is 5.16 Å². The molecule has 176 valence electrons. The highest BCUT2D eigenvalue weighted by molar-refractivity contribution is 5.98. The Labute approximate surface area is 190 Å². The van der Waals surface area contributed by atoms with Gasteiger partial charge in [0.05, 0.1) is 17.8 Å². The van der Waals surface area contributed by atoms with Gasteiger partial charge < -0.3 is 14.5 Å². The van der Waals surface area contributed by atoms with Crippen LogP contribution in [0.1, 0.15) is 38.3 Å². The monoisotopic (exact) mass is 460 g/mol. The van der Waals surface area contributed by atoms with Gasteiger partial charge in [0.15, 0.2) is 11.0 Å². The Kier molecular flexibility index (Phi) is 6.70. The summed E-state index contributed by atoms with van der Waals surface area (Å²) in [6.07, 6.45) is -4.20. The lowest BCUT2D eigenvalue weighted by atomic mass is 9.74. The van der Waals surface area contributed by atoms with Crippen molar-refractivity contribution >= 4 is 16.6 Å². The number of aromatic nitrogens is 1. The van der Waals surface area contributed by atoms with E-state index in [1.165, 1.54) is 23.9 Å². The van der Waals surface area contributed by atoms with Crippen molar-refractivity contribution in [2.45, 2.75) is 50.9 Å². The van der Waals surface area contributed by atoms with Crippen LogP contribution in [0.3, 0.4) is 0 Å². The number of aliphatic hydroxyl groups is 1. The number of benzene rings is 2. The van der Waals surface area contributed by atoms with Crippen LogP contribution in [0.4, 0.5) is 13.2 Å². The first-order valence-electron chi connectivity index (χ1n) is 10.4. The molecule has 33 heavy (non-hydrogen) atoms. The largest absolute Gasteiger partial charge is 0.418 e. The van der Waals surface area contributed by atoms with E-state index < -0.39 is 30.2 Å². The molecule has 0 spiro atoms. The van der Waals surface area contributed by atoms with Gasteiger partial charge in [-0.3, -0.25) is 4.79 Å². The molecule has 8 heteroatoms. The van der Waals surface area contributed by atoms with Crippen molar-refractivity contribution < 1.29 is 23.1 Å². The molecule has 2 aromatic carbocycles. The highest BCUT2D eigenvalue weighted by Crippen LogP contribution is 2.42. The highest BCUT2D eigenvalue weighted by atomic mass is 19.4. The van der Waals surface area contributed by atoms with Gasteiger partial charge in [0.2, 0.25) is 0 Å². The van der Waals surface area contributed by atoms with E-state index in [4.69, 9.17) is 4.84 Å². The molecule has 0 bridgehead atoms.